The molecule has 1 heterocycles. The molecule has 2 rings (SSSR count). The molecular weight excluding hydrogens is 520 g/mol. The third-order valence-corrected chi connectivity index (χ3v) is 6.37. The molecule has 0 aromatic heterocycles. The summed E-state index contributed by atoms with van der Waals surface area (Å²) in [4.78, 5) is 65.7. The minimum atomic E-state index is -1.48. The van der Waals surface area contributed by atoms with Crippen LogP contribution in [0.15, 0.2) is 30.3 Å². The van der Waals surface area contributed by atoms with E-state index < -0.39 is 52.2 Å². The second kappa shape index (κ2) is 12.6. The van der Waals surface area contributed by atoms with E-state index in [1.807, 2.05) is 18.2 Å². The SMILES string of the molecule is COC(=O)C(C)(C)NC(=O)C(C)(C)NC(=O)C1(NC(=O)OCc2ccccc2)CCN(C(=O)OC(C)(C)C)CC1. The van der Waals surface area contributed by atoms with Crippen LogP contribution in [0.25, 0.3) is 0 Å². The lowest BCUT2D eigenvalue weighted by atomic mass is 9.85. The molecule has 3 N–H and O–H groups in total. The van der Waals surface area contributed by atoms with Crippen LogP contribution in [0.2, 0.25) is 0 Å². The van der Waals surface area contributed by atoms with Gasteiger partial charge in [-0.3, -0.25) is 9.59 Å². The van der Waals surface area contributed by atoms with Crippen LogP contribution in [-0.2, 0) is 35.2 Å². The van der Waals surface area contributed by atoms with E-state index in [2.05, 4.69) is 16.0 Å². The van der Waals surface area contributed by atoms with Crippen molar-refractivity contribution in [1.82, 2.24) is 20.9 Å². The smallest absolute Gasteiger partial charge is 0.410 e. The van der Waals surface area contributed by atoms with Crippen LogP contribution in [0.4, 0.5) is 9.59 Å². The minimum Gasteiger partial charge on any atom is -0.467 e. The zero-order valence-corrected chi connectivity index (χ0v) is 24.6. The normalized spacial score (nSPS) is 15.3. The summed E-state index contributed by atoms with van der Waals surface area (Å²) in [6.45, 7) is 11.4. The Morgan fingerprint density at radius 3 is 1.98 bits per heavy atom. The number of piperidine rings is 1. The van der Waals surface area contributed by atoms with Crippen molar-refractivity contribution in [2.75, 3.05) is 20.2 Å². The van der Waals surface area contributed by atoms with Gasteiger partial charge in [0.1, 0.15) is 28.8 Å². The number of carbonyl (C=O) groups excluding carboxylic acids is 5. The lowest BCUT2D eigenvalue weighted by Crippen LogP contribution is -2.69. The van der Waals surface area contributed by atoms with E-state index >= 15 is 0 Å². The fraction of sp³-hybridized carbons (Fsp3) is 0.607. The van der Waals surface area contributed by atoms with Gasteiger partial charge in [-0.15, -0.1) is 0 Å². The number of rotatable bonds is 8. The predicted octanol–water partition coefficient (Wildman–Crippen LogP) is 2.65. The van der Waals surface area contributed by atoms with Gasteiger partial charge >= 0.3 is 18.2 Å². The van der Waals surface area contributed by atoms with Crippen LogP contribution >= 0.6 is 0 Å². The van der Waals surface area contributed by atoms with Crippen LogP contribution in [0.5, 0.6) is 0 Å². The largest absolute Gasteiger partial charge is 0.467 e. The molecule has 40 heavy (non-hydrogen) atoms. The zero-order valence-electron chi connectivity index (χ0n) is 24.6. The summed E-state index contributed by atoms with van der Waals surface area (Å²) in [5.41, 5.74) is -4.24. The number of hydrogen-bond acceptors (Lipinski definition) is 8. The summed E-state index contributed by atoms with van der Waals surface area (Å²) >= 11 is 0. The number of alkyl carbamates (subject to hydrolysis) is 1. The van der Waals surface area contributed by atoms with Crippen molar-refractivity contribution in [2.24, 2.45) is 0 Å². The molecule has 0 bridgehead atoms. The fourth-order valence-corrected chi connectivity index (χ4v) is 3.97. The van der Waals surface area contributed by atoms with Crippen molar-refractivity contribution in [3.63, 3.8) is 0 Å². The fourth-order valence-electron chi connectivity index (χ4n) is 3.97. The quantitative estimate of drug-likeness (QED) is 0.323. The number of nitrogens with zero attached hydrogens (tertiary/aromatic N) is 1. The maximum absolute atomic E-state index is 13.7. The Morgan fingerprint density at radius 2 is 1.45 bits per heavy atom. The van der Waals surface area contributed by atoms with Gasteiger partial charge in [0.2, 0.25) is 11.8 Å². The highest BCUT2D eigenvalue weighted by Crippen LogP contribution is 2.26. The molecule has 1 aromatic carbocycles. The van der Waals surface area contributed by atoms with Crippen LogP contribution in [-0.4, -0.2) is 77.3 Å². The minimum absolute atomic E-state index is 0.00901. The third kappa shape index (κ3) is 8.85. The molecule has 1 aromatic rings. The Bertz CT molecular complexity index is 1090. The molecule has 1 aliphatic rings. The molecule has 0 unspecified atom stereocenters. The third-order valence-electron chi connectivity index (χ3n) is 6.37. The summed E-state index contributed by atoms with van der Waals surface area (Å²) in [6.07, 6.45) is -1.26. The van der Waals surface area contributed by atoms with Crippen molar-refractivity contribution in [2.45, 2.75) is 90.1 Å². The van der Waals surface area contributed by atoms with E-state index in [0.29, 0.717) is 0 Å². The van der Waals surface area contributed by atoms with Crippen LogP contribution < -0.4 is 16.0 Å². The molecule has 12 nitrogen and oxygen atoms in total. The maximum atomic E-state index is 13.7. The van der Waals surface area contributed by atoms with Crippen molar-refractivity contribution < 1.29 is 38.2 Å². The van der Waals surface area contributed by atoms with Gasteiger partial charge in [-0.2, -0.15) is 0 Å². The summed E-state index contributed by atoms with van der Waals surface area (Å²) in [5, 5.41) is 7.97. The molecule has 0 saturated carbocycles. The Balaban J connectivity index is 2.21. The highest BCUT2D eigenvalue weighted by molar-refractivity contribution is 5.97. The predicted molar refractivity (Wildman–Crippen MR) is 146 cm³/mol. The molecule has 0 aliphatic carbocycles. The lowest BCUT2D eigenvalue weighted by molar-refractivity contribution is -0.150. The van der Waals surface area contributed by atoms with Gasteiger partial charge in [-0.1, -0.05) is 30.3 Å². The average molecular weight is 563 g/mol. The van der Waals surface area contributed by atoms with Crippen molar-refractivity contribution in [3.8, 4) is 0 Å². The average Bonchev–Trinajstić information content (AvgIpc) is 2.86. The van der Waals surface area contributed by atoms with Crippen LogP contribution in [0, 0.1) is 0 Å². The lowest BCUT2D eigenvalue weighted by Gasteiger charge is -2.42. The molecule has 12 heteroatoms. The number of nitrogens with one attached hydrogen (secondary N) is 3. The second-order valence-electron chi connectivity index (χ2n) is 11.9. The topological polar surface area (TPSA) is 152 Å². The van der Waals surface area contributed by atoms with Crippen molar-refractivity contribution >= 4 is 30.0 Å². The number of ether oxygens (including phenoxy) is 3. The molecule has 0 radical (unpaired) electrons. The molecule has 1 saturated heterocycles. The van der Waals surface area contributed by atoms with Crippen molar-refractivity contribution in [3.05, 3.63) is 35.9 Å². The molecule has 4 amide bonds. The number of carbonyl (C=O) groups is 5. The van der Waals surface area contributed by atoms with E-state index in [1.54, 1.807) is 32.9 Å². The van der Waals surface area contributed by atoms with Crippen LogP contribution in [0.3, 0.4) is 0 Å². The second-order valence-corrected chi connectivity index (χ2v) is 11.9. The number of likely N-dealkylation sites (tertiary alicyclic amines) is 1. The molecular formula is C28H42N4O8. The summed E-state index contributed by atoms with van der Waals surface area (Å²) in [5.74, 6) is -1.93. The molecule has 1 fully saturated rings. The molecule has 222 valence electrons. The number of esters is 1. The standard InChI is InChI=1S/C28H42N4O8/c1-25(2,3)40-24(37)32-16-14-28(15-17-32,31-23(36)39-18-19-12-10-9-11-13-19)21(34)30-26(4,5)20(33)29-27(6,7)22(35)38-8/h9-13H,14-18H2,1-8H3,(H,29,33)(H,30,34)(H,31,36). The first-order chi connectivity index (χ1) is 18.4. The van der Waals surface area contributed by atoms with Crippen LogP contribution in [0.1, 0.15) is 66.9 Å². The van der Waals surface area contributed by atoms with E-state index in [0.717, 1.165) is 5.56 Å². The Labute approximate surface area is 235 Å². The monoisotopic (exact) mass is 562 g/mol. The first-order valence-electron chi connectivity index (χ1n) is 13.1. The first-order valence-corrected chi connectivity index (χ1v) is 13.1. The maximum Gasteiger partial charge on any atom is 0.410 e. The van der Waals surface area contributed by atoms with E-state index in [1.165, 1.54) is 39.7 Å². The number of hydrogen-bond donors (Lipinski definition) is 3. The molecule has 1 aliphatic heterocycles. The Morgan fingerprint density at radius 1 is 0.875 bits per heavy atom. The first kappa shape index (κ1) is 32.4. The van der Waals surface area contributed by atoms with E-state index in [4.69, 9.17) is 14.2 Å². The Kier molecular flexibility index (Phi) is 10.2. The zero-order chi connectivity index (χ0) is 30.4. The Hall–Kier alpha value is -3.83. The van der Waals surface area contributed by atoms with Gasteiger partial charge in [0.05, 0.1) is 7.11 Å². The summed E-state index contributed by atoms with van der Waals surface area (Å²) < 4.78 is 15.5. The van der Waals surface area contributed by atoms with Gasteiger partial charge in [-0.25, -0.2) is 14.4 Å². The number of amides is 4. The summed E-state index contributed by atoms with van der Waals surface area (Å²) in [7, 11) is 1.21. The number of methoxy groups -OCH3 is 1. The van der Waals surface area contributed by atoms with Gasteiger partial charge in [0.25, 0.3) is 0 Å². The summed E-state index contributed by atoms with van der Waals surface area (Å²) in [6, 6.07) is 9.06. The molecule has 0 spiro atoms. The van der Waals surface area contributed by atoms with Gasteiger partial charge in [0, 0.05) is 13.1 Å². The van der Waals surface area contributed by atoms with Gasteiger partial charge < -0.3 is 35.1 Å². The molecule has 0 atom stereocenters. The van der Waals surface area contributed by atoms with E-state index in [9.17, 15) is 24.0 Å². The number of benzene rings is 1. The van der Waals surface area contributed by atoms with Gasteiger partial charge in [0.15, 0.2) is 0 Å². The van der Waals surface area contributed by atoms with Crippen molar-refractivity contribution in [1.29, 1.82) is 0 Å². The highest BCUT2D eigenvalue weighted by Gasteiger charge is 2.47. The van der Waals surface area contributed by atoms with E-state index in [-0.39, 0.29) is 32.5 Å². The van der Waals surface area contributed by atoms with Gasteiger partial charge in [-0.05, 0) is 66.9 Å². The highest BCUT2D eigenvalue weighted by atomic mass is 16.6.